The number of nitrogens with zero attached hydrogens (tertiary/aromatic N) is 1. The monoisotopic (exact) mass is 282 g/mol. The third-order valence-electron chi connectivity index (χ3n) is 3.22. The first-order valence-corrected chi connectivity index (χ1v) is 6.78. The third-order valence-corrected chi connectivity index (χ3v) is 3.22. The Labute approximate surface area is 118 Å². The summed E-state index contributed by atoms with van der Waals surface area (Å²) in [5.41, 5.74) is 6.27. The highest BCUT2D eigenvalue weighted by atomic mass is 16.5. The van der Waals surface area contributed by atoms with Crippen LogP contribution in [0.3, 0.4) is 0 Å². The second-order valence-electron chi connectivity index (χ2n) is 4.97. The molecule has 6 heteroatoms. The minimum atomic E-state index is -0.579. The van der Waals surface area contributed by atoms with Crippen LogP contribution < -0.4 is 10.5 Å². The number of aliphatic hydroxyl groups is 2. The number of ether oxygens (including phenoxy) is 2. The molecule has 0 radical (unpaired) electrons. The van der Waals surface area contributed by atoms with Crippen molar-refractivity contribution in [3.8, 4) is 5.75 Å². The Hall–Kier alpha value is -1.34. The van der Waals surface area contributed by atoms with Gasteiger partial charge < -0.3 is 25.4 Å². The summed E-state index contributed by atoms with van der Waals surface area (Å²) >= 11 is 0. The molecule has 0 amide bonds. The molecule has 1 aliphatic rings. The van der Waals surface area contributed by atoms with Crippen molar-refractivity contribution in [2.75, 3.05) is 45.2 Å². The number of hydrogen-bond acceptors (Lipinski definition) is 6. The highest BCUT2D eigenvalue weighted by molar-refractivity contribution is 5.41. The Balaban J connectivity index is 1.72. The predicted octanol–water partition coefficient (Wildman–Crippen LogP) is -0.298. The molecule has 6 nitrogen and oxygen atoms in total. The molecule has 0 aromatic heterocycles. The minimum Gasteiger partial charge on any atom is -0.491 e. The molecule has 1 heterocycles. The first-order valence-electron chi connectivity index (χ1n) is 6.78. The molecule has 0 bridgehead atoms. The van der Waals surface area contributed by atoms with Gasteiger partial charge in [0.15, 0.2) is 0 Å². The zero-order chi connectivity index (χ0) is 14.4. The van der Waals surface area contributed by atoms with E-state index < -0.39 is 6.10 Å². The van der Waals surface area contributed by atoms with E-state index in [0.29, 0.717) is 31.1 Å². The van der Waals surface area contributed by atoms with E-state index in [1.165, 1.54) is 0 Å². The van der Waals surface area contributed by atoms with E-state index in [4.69, 9.17) is 20.3 Å². The van der Waals surface area contributed by atoms with E-state index in [2.05, 4.69) is 4.90 Å². The topological polar surface area (TPSA) is 88.2 Å². The highest BCUT2D eigenvalue weighted by Gasteiger charge is 2.21. The molecule has 4 N–H and O–H groups in total. The van der Waals surface area contributed by atoms with E-state index in [1.807, 2.05) is 0 Å². The molecular formula is C14H22N2O4. The van der Waals surface area contributed by atoms with Crippen LogP contribution in [0, 0.1) is 0 Å². The van der Waals surface area contributed by atoms with Crippen molar-refractivity contribution < 1.29 is 19.7 Å². The van der Waals surface area contributed by atoms with Crippen molar-refractivity contribution in [2.45, 2.75) is 12.2 Å². The second kappa shape index (κ2) is 7.44. The Kier molecular flexibility index (Phi) is 5.60. The zero-order valence-electron chi connectivity index (χ0n) is 11.4. The van der Waals surface area contributed by atoms with Crippen LogP contribution in [0.2, 0.25) is 0 Å². The van der Waals surface area contributed by atoms with Crippen molar-refractivity contribution >= 4 is 5.69 Å². The molecule has 1 aliphatic heterocycles. The molecule has 1 fully saturated rings. The lowest BCUT2D eigenvalue weighted by Crippen LogP contribution is -2.47. The summed E-state index contributed by atoms with van der Waals surface area (Å²) in [4.78, 5) is 2.07. The normalized spacial score (nSPS) is 21.6. The van der Waals surface area contributed by atoms with Gasteiger partial charge in [-0.05, 0) is 24.3 Å². The first kappa shape index (κ1) is 15.1. The van der Waals surface area contributed by atoms with Gasteiger partial charge in [-0.15, -0.1) is 0 Å². The van der Waals surface area contributed by atoms with Gasteiger partial charge in [0.25, 0.3) is 0 Å². The van der Waals surface area contributed by atoms with E-state index in [0.717, 1.165) is 6.54 Å². The van der Waals surface area contributed by atoms with Gasteiger partial charge >= 0.3 is 0 Å². The van der Waals surface area contributed by atoms with Crippen molar-refractivity contribution in [1.29, 1.82) is 0 Å². The van der Waals surface area contributed by atoms with Crippen LogP contribution >= 0.6 is 0 Å². The lowest BCUT2D eigenvalue weighted by molar-refractivity contribution is -0.0641. The van der Waals surface area contributed by atoms with Gasteiger partial charge in [-0.2, -0.15) is 0 Å². The molecule has 0 aliphatic carbocycles. The Morgan fingerprint density at radius 3 is 2.85 bits per heavy atom. The highest BCUT2D eigenvalue weighted by Crippen LogP contribution is 2.13. The van der Waals surface area contributed by atoms with Crippen LogP contribution in [0.5, 0.6) is 5.75 Å². The molecule has 2 rings (SSSR count). The van der Waals surface area contributed by atoms with E-state index in [9.17, 15) is 5.11 Å². The van der Waals surface area contributed by atoms with Crippen molar-refractivity contribution in [3.63, 3.8) is 0 Å². The van der Waals surface area contributed by atoms with Gasteiger partial charge in [0.05, 0.1) is 19.3 Å². The molecule has 0 saturated carbocycles. The summed E-state index contributed by atoms with van der Waals surface area (Å²) in [5.74, 6) is 0.688. The van der Waals surface area contributed by atoms with Gasteiger partial charge in [0.1, 0.15) is 18.5 Å². The van der Waals surface area contributed by atoms with Gasteiger partial charge in [-0.1, -0.05) is 0 Å². The summed E-state index contributed by atoms with van der Waals surface area (Å²) in [6.45, 7) is 2.72. The number of β-amino-alcohol motifs (C(OH)–C–C–N with tert-alkyl or cyclic N) is 1. The molecule has 2 unspecified atom stereocenters. The quantitative estimate of drug-likeness (QED) is 0.621. The second-order valence-corrected chi connectivity index (χ2v) is 4.97. The zero-order valence-corrected chi connectivity index (χ0v) is 11.4. The van der Waals surface area contributed by atoms with Gasteiger partial charge in [0, 0.05) is 25.3 Å². The standard InChI is InChI=1S/C14H22N2O4/c15-11-1-3-13(4-2-11)20-10-12(18)7-16-5-6-19-14(8-16)9-17/h1-4,12,14,17-18H,5-10,15H2. The lowest BCUT2D eigenvalue weighted by atomic mass is 10.2. The summed E-state index contributed by atoms with van der Waals surface area (Å²) in [5, 5.41) is 19.0. The number of aliphatic hydroxyl groups excluding tert-OH is 2. The summed E-state index contributed by atoms with van der Waals surface area (Å²) in [6.07, 6.45) is -0.737. The van der Waals surface area contributed by atoms with Crippen LogP contribution in [0.25, 0.3) is 0 Å². The van der Waals surface area contributed by atoms with Crippen molar-refractivity contribution in [3.05, 3.63) is 24.3 Å². The van der Waals surface area contributed by atoms with Crippen molar-refractivity contribution in [2.24, 2.45) is 0 Å². The molecule has 1 aromatic rings. The molecule has 1 aromatic carbocycles. The maximum absolute atomic E-state index is 9.98. The maximum Gasteiger partial charge on any atom is 0.119 e. The Bertz CT molecular complexity index is 399. The van der Waals surface area contributed by atoms with Crippen molar-refractivity contribution in [1.82, 2.24) is 4.90 Å². The number of benzene rings is 1. The van der Waals surface area contributed by atoms with Crippen LogP contribution in [0.1, 0.15) is 0 Å². The third kappa shape index (κ3) is 4.64. The fourth-order valence-corrected chi connectivity index (χ4v) is 2.16. The number of nitrogen functional groups attached to an aromatic ring is 1. The number of nitrogens with two attached hydrogens (primary N) is 1. The average Bonchev–Trinajstić information content (AvgIpc) is 2.47. The van der Waals surface area contributed by atoms with Crippen LogP contribution in [-0.4, -0.2) is 66.8 Å². The maximum atomic E-state index is 9.98. The van der Waals surface area contributed by atoms with Gasteiger partial charge in [-0.3, -0.25) is 4.90 Å². The van der Waals surface area contributed by atoms with Gasteiger partial charge in [0.2, 0.25) is 0 Å². The Morgan fingerprint density at radius 1 is 1.40 bits per heavy atom. The predicted molar refractivity (Wildman–Crippen MR) is 75.6 cm³/mol. The number of rotatable bonds is 6. The first-order chi connectivity index (χ1) is 9.67. The summed E-state index contributed by atoms with van der Waals surface area (Å²) in [7, 11) is 0. The number of anilines is 1. The molecule has 0 spiro atoms. The lowest BCUT2D eigenvalue weighted by Gasteiger charge is -2.33. The van der Waals surface area contributed by atoms with E-state index in [1.54, 1.807) is 24.3 Å². The smallest absolute Gasteiger partial charge is 0.119 e. The number of hydrogen-bond donors (Lipinski definition) is 3. The van der Waals surface area contributed by atoms with Gasteiger partial charge in [-0.25, -0.2) is 0 Å². The molecule has 112 valence electrons. The molecular weight excluding hydrogens is 260 g/mol. The fraction of sp³-hybridized carbons (Fsp3) is 0.571. The summed E-state index contributed by atoms with van der Waals surface area (Å²) < 4.78 is 10.9. The van der Waals surface area contributed by atoms with Crippen LogP contribution in [0.15, 0.2) is 24.3 Å². The SMILES string of the molecule is Nc1ccc(OCC(O)CN2CCOC(CO)C2)cc1. The average molecular weight is 282 g/mol. The van der Waals surface area contributed by atoms with E-state index >= 15 is 0 Å². The van der Waals surface area contributed by atoms with Crippen LogP contribution in [0.4, 0.5) is 5.69 Å². The number of morpholine rings is 1. The summed E-state index contributed by atoms with van der Waals surface area (Å²) in [6, 6.07) is 7.07. The Morgan fingerprint density at radius 2 is 2.15 bits per heavy atom. The molecule has 1 saturated heterocycles. The van der Waals surface area contributed by atoms with Crippen LogP contribution in [-0.2, 0) is 4.74 Å². The van der Waals surface area contributed by atoms with E-state index in [-0.39, 0.29) is 19.3 Å². The fourth-order valence-electron chi connectivity index (χ4n) is 2.16. The minimum absolute atomic E-state index is 0.00846. The molecule has 20 heavy (non-hydrogen) atoms. The largest absolute Gasteiger partial charge is 0.491 e. The molecule has 2 atom stereocenters.